The Labute approximate surface area is 147 Å². The second-order valence-electron chi connectivity index (χ2n) is 7.42. The summed E-state index contributed by atoms with van der Waals surface area (Å²) in [5.74, 6) is 6.90. The highest BCUT2D eigenvalue weighted by molar-refractivity contribution is 5.33. The fourth-order valence-electron chi connectivity index (χ4n) is 4.22. The summed E-state index contributed by atoms with van der Waals surface area (Å²) in [6.07, 6.45) is 10.8. The molecule has 3 rings (SSSR count). The van der Waals surface area contributed by atoms with E-state index in [1.807, 2.05) is 30.3 Å². The molecule has 0 aromatic heterocycles. The van der Waals surface area contributed by atoms with Gasteiger partial charge in [-0.05, 0) is 44.3 Å². The summed E-state index contributed by atoms with van der Waals surface area (Å²) in [5, 5.41) is 11.5. The predicted molar refractivity (Wildman–Crippen MR) is 99.6 cm³/mol. The monoisotopic (exact) mass is 325 g/mol. The second-order valence-corrected chi connectivity index (χ2v) is 7.42. The Morgan fingerprint density at radius 3 is 2.33 bits per heavy atom. The molecule has 1 atom stereocenters. The van der Waals surface area contributed by atoms with E-state index in [9.17, 15) is 5.11 Å². The molecule has 1 N–H and O–H groups in total. The fraction of sp³-hybridized carbons (Fsp3) is 0.636. The van der Waals surface area contributed by atoms with Crippen molar-refractivity contribution in [3.63, 3.8) is 0 Å². The summed E-state index contributed by atoms with van der Waals surface area (Å²) < 4.78 is 0. The van der Waals surface area contributed by atoms with Crippen molar-refractivity contribution >= 4 is 0 Å². The summed E-state index contributed by atoms with van der Waals surface area (Å²) in [6.45, 7) is 3.48. The van der Waals surface area contributed by atoms with E-state index in [1.165, 1.54) is 51.6 Å². The summed E-state index contributed by atoms with van der Waals surface area (Å²) in [7, 11) is 0. The summed E-state index contributed by atoms with van der Waals surface area (Å²) in [5.41, 5.74) is 0.00575. The van der Waals surface area contributed by atoms with Gasteiger partial charge in [-0.1, -0.05) is 67.9 Å². The molecule has 2 aliphatic rings. The molecule has 0 amide bonds. The van der Waals surface area contributed by atoms with Crippen molar-refractivity contribution in [1.29, 1.82) is 0 Å². The van der Waals surface area contributed by atoms with Gasteiger partial charge in [-0.15, -0.1) is 0 Å². The third-order valence-electron chi connectivity index (χ3n) is 5.69. The van der Waals surface area contributed by atoms with Gasteiger partial charge in [-0.25, -0.2) is 0 Å². The third kappa shape index (κ3) is 4.41. The number of likely N-dealkylation sites (tertiary alicyclic amines) is 1. The van der Waals surface area contributed by atoms with Gasteiger partial charge in [0, 0.05) is 18.9 Å². The maximum Gasteiger partial charge on any atom is 0.153 e. The highest BCUT2D eigenvalue weighted by Gasteiger charge is 2.37. The molecule has 0 radical (unpaired) electrons. The zero-order chi connectivity index (χ0) is 16.7. The van der Waals surface area contributed by atoms with E-state index >= 15 is 0 Å². The van der Waals surface area contributed by atoms with Gasteiger partial charge in [0.1, 0.15) is 0 Å². The van der Waals surface area contributed by atoms with Crippen LogP contribution in [0.4, 0.5) is 0 Å². The summed E-state index contributed by atoms with van der Waals surface area (Å²) in [4.78, 5) is 2.51. The van der Waals surface area contributed by atoms with Gasteiger partial charge in [0.25, 0.3) is 0 Å². The van der Waals surface area contributed by atoms with Crippen molar-refractivity contribution in [3.8, 4) is 11.8 Å². The minimum Gasteiger partial charge on any atom is -0.373 e. The molecular weight excluding hydrogens is 294 g/mol. The summed E-state index contributed by atoms with van der Waals surface area (Å²) in [6, 6.07) is 10.1. The van der Waals surface area contributed by atoms with Crippen molar-refractivity contribution in [2.75, 3.05) is 19.6 Å². The molecule has 0 spiro atoms. The molecule has 1 aromatic rings. The molecular formula is C22H31NO. The molecule has 1 heterocycles. The summed E-state index contributed by atoms with van der Waals surface area (Å²) >= 11 is 0. The molecule has 0 bridgehead atoms. The van der Waals surface area contributed by atoms with Crippen molar-refractivity contribution in [1.82, 2.24) is 4.90 Å². The maximum atomic E-state index is 11.5. The van der Waals surface area contributed by atoms with Crippen LogP contribution in [0.2, 0.25) is 0 Å². The van der Waals surface area contributed by atoms with Crippen LogP contribution >= 0.6 is 0 Å². The lowest BCUT2D eigenvalue weighted by atomic mass is 9.73. The number of benzene rings is 1. The van der Waals surface area contributed by atoms with Crippen LogP contribution < -0.4 is 0 Å². The molecule has 1 saturated heterocycles. The smallest absolute Gasteiger partial charge is 0.153 e. The van der Waals surface area contributed by atoms with E-state index < -0.39 is 5.60 Å². The first-order chi connectivity index (χ1) is 11.8. The first-order valence-electron chi connectivity index (χ1n) is 9.79. The minimum atomic E-state index is -0.969. The standard InChI is InChI=1S/C22H31NO/c24-22(20-12-4-1-5-13-20,21-14-6-2-7-15-21)16-8-11-19-23-17-9-3-10-18-23/h1,4-5,12-13,21,24H,2-3,6-7,9-11,14-15,17-19H2/t22-/m0/s1. The quantitative estimate of drug-likeness (QED) is 0.833. The molecule has 2 fully saturated rings. The minimum absolute atomic E-state index is 0.274. The van der Waals surface area contributed by atoms with E-state index in [0.29, 0.717) is 0 Å². The molecule has 24 heavy (non-hydrogen) atoms. The third-order valence-corrected chi connectivity index (χ3v) is 5.69. The average molecular weight is 325 g/mol. The van der Waals surface area contributed by atoms with Crippen molar-refractivity contribution < 1.29 is 5.11 Å². The van der Waals surface area contributed by atoms with Gasteiger partial charge in [0.05, 0.1) is 0 Å². The van der Waals surface area contributed by atoms with Crippen molar-refractivity contribution in [3.05, 3.63) is 35.9 Å². The number of piperidine rings is 1. The largest absolute Gasteiger partial charge is 0.373 e. The van der Waals surface area contributed by atoms with E-state index in [1.54, 1.807) is 0 Å². The second kappa shape index (κ2) is 8.70. The molecule has 1 aliphatic carbocycles. The number of rotatable bonds is 4. The number of aliphatic hydroxyl groups is 1. The Morgan fingerprint density at radius 1 is 0.958 bits per heavy atom. The number of hydrogen-bond donors (Lipinski definition) is 1. The highest BCUT2D eigenvalue weighted by Crippen LogP contribution is 2.39. The van der Waals surface area contributed by atoms with E-state index in [-0.39, 0.29) is 5.92 Å². The van der Waals surface area contributed by atoms with Crippen molar-refractivity contribution in [2.45, 2.75) is 63.4 Å². The van der Waals surface area contributed by atoms with Crippen LogP contribution in [0.1, 0.15) is 63.4 Å². The van der Waals surface area contributed by atoms with E-state index in [2.05, 4.69) is 16.7 Å². The SMILES string of the molecule is O[C@@](C#CCCN1CCCCC1)(c1ccccc1)C1CCCCC1. The molecule has 0 unspecified atom stereocenters. The Morgan fingerprint density at radius 2 is 1.62 bits per heavy atom. The lowest BCUT2D eigenvalue weighted by molar-refractivity contribution is 0.0159. The lowest BCUT2D eigenvalue weighted by Gasteiger charge is -2.35. The zero-order valence-corrected chi connectivity index (χ0v) is 14.8. The predicted octanol–water partition coefficient (Wildman–Crippen LogP) is 4.33. The first-order valence-corrected chi connectivity index (χ1v) is 9.79. The fourth-order valence-corrected chi connectivity index (χ4v) is 4.22. The molecule has 130 valence electrons. The van der Waals surface area contributed by atoms with Crippen LogP contribution in [0.3, 0.4) is 0 Å². The van der Waals surface area contributed by atoms with Gasteiger partial charge >= 0.3 is 0 Å². The van der Waals surface area contributed by atoms with Crippen LogP contribution in [0.25, 0.3) is 0 Å². The molecule has 2 heteroatoms. The maximum absolute atomic E-state index is 11.5. The van der Waals surface area contributed by atoms with Crippen LogP contribution in [-0.2, 0) is 5.60 Å². The highest BCUT2D eigenvalue weighted by atomic mass is 16.3. The lowest BCUT2D eigenvalue weighted by Crippen LogP contribution is -2.35. The van der Waals surface area contributed by atoms with Gasteiger partial charge < -0.3 is 10.0 Å². The van der Waals surface area contributed by atoms with Crippen LogP contribution in [0.15, 0.2) is 30.3 Å². The van der Waals surface area contributed by atoms with Crippen LogP contribution in [-0.4, -0.2) is 29.6 Å². The topological polar surface area (TPSA) is 23.5 Å². The van der Waals surface area contributed by atoms with E-state index in [0.717, 1.165) is 31.4 Å². The Kier molecular flexibility index (Phi) is 6.35. The van der Waals surface area contributed by atoms with Gasteiger partial charge in [0.15, 0.2) is 5.60 Å². The molecule has 1 aromatic carbocycles. The van der Waals surface area contributed by atoms with Gasteiger partial charge in [-0.3, -0.25) is 0 Å². The van der Waals surface area contributed by atoms with Gasteiger partial charge in [-0.2, -0.15) is 0 Å². The zero-order valence-electron chi connectivity index (χ0n) is 14.8. The van der Waals surface area contributed by atoms with Crippen LogP contribution in [0, 0.1) is 17.8 Å². The average Bonchev–Trinajstić information content (AvgIpc) is 2.67. The first kappa shape index (κ1) is 17.5. The number of nitrogens with zero attached hydrogens (tertiary/aromatic N) is 1. The molecule has 1 aliphatic heterocycles. The Balaban J connectivity index is 1.69. The molecule has 2 nitrogen and oxygen atoms in total. The van der Waals surface area contributed by atoms with Crippen molar-refractivity contribution in [2.24, 2.45) is 5.92 Å². The Bertz CT molecular complexity index is 546. The normalized spacial score (nSPS) is 22.4. The van der Waals surface area contributed by atoms with Gasteiger partial charge in [0.2, 0.25) is 0 Å². The van der Waals surface area contributed by atoms with E-state index in [4.69, 9.17) is 0 Å². The Hall–Kier alpha value is -1.30. The molecule has 1 saturated carbocycles. The number of hydrogen-bond acceptors (Lipinski definition) is 2. The van der Waals surface area contributed by atoms with Crippen LogP contribution in [0.5, 0.6) is 0 Å².